The predicted octanol–water partition coefficient (Wildman–Crippen LogP) is 4.35. The van der Waals surface area contributed by atoms with E-state index in [-0.39, 0.29) is 11.9 Å². The molecule has 1 amide bonds. The lowest BCUT2D eigenvalue weighted by molar-refractivity contribution is 0.0746. The first-order chi connectivity index (χ1) is 11.6. The van der Waals surface area contributed by atoms with Crippen molar-refractivity contribution in [2.75, 3.05) is 7.05 Å². The van der Waals surface area contributed by atoms with E-state index >= 15 is 0 Å². The van der Waals surface area contributed by atoms with Gasteiger partial charge in [0.25, 0.3) is 5.91 Å². The van der Waals surface area contributed by atoms with E-state index in [0.29, 0.717) is 4.88 Å². The van der Waals surface area contributed by atoms with Crippen molar-refractivity contribution in [1.29, 1.82) is 0 Å². The van der Waals surface area contributed by atoms with Crippen LogP contribution >= 0.6 is 11.3 Å². The molecule has 0 saturated heterocycles. The number of pyridine rings is 1. The van der Waals surface area contributed by atoms with Crippen LogP contribution in [0.4, 0.5) is 0 Å². The molecule has 2 heterocycles. The second-order valence-electron chi connectivity index (χ2n) is 5.65. The molecule has 3 rings (SSSR count). The summed E-state index contributed by atoms with van der Waals surface area (Å²) in [6, 6.07) is 15.7. The van der Waals surface area contributed by atoms with Crippen molar-refractivity contribution in [1.82, 2.24) is 14.9 Å². The topological polar surface area (TPSA) is 46.1 Å². The van der Waals surface area contributed by atoms with E-state index in [9.17, 15) is 4.79 Å². The Morgan fingerprint density at radius 1 is 1.12 bits per heavy atom. The fourth-order valence-electron chi connectivity index (χ4n) is 2.48. The number of aryl methyl sites for hydroxylation is 1. The normalized spacial score (nSPS) is 12.0. The number of hydrogen-bond acceptors (Lipinski definition) is 4. The summed E-state index contributed by atoms with van der Waals surface area (Å²) in [5.41, 5.74) is 2.65. The first-order valence-electron chi connectivity index (χ1n) is 7.79. The van der Waals surface area contributed by atoms with E-state index in [2.05, 4.69) is 9.97 Å². The van der Waals surface area contributed by atoms with Crippen LogP contribution in [0.3, 0.4) is 0 Å². The lowest BCUT2D eigenvalue weighted by atomic mass is 10.1. The molecule has 0 radical (unpaired) electrons. The number of aromatic nitrogens is 2. The molecule has 0 fully saturated rings. The zero-order valence-corrected chi connectivity index (χ0v) is 14.7. The Morgan fingerprint density at radius 3 is 2.50 bits per heavy atom. The van der Waals surface area contributed by atoms with Gasteiger partial charge in [0.1, 0.15) is 9.88 Å². The highest BCUT2D eigenvalue weighted by atomic mass is 32.1. The van der Waals surface area contributed by atoms with Gasteiger partial charge in [-0.1, -0.05) is 36.4 Å². The van der Waals surface area contributed by atoms with E-state index in [4.69, 9.17) is 0 Å². The summed E-state index contributed by atoms with van der Waals surface area (Å²) in [4.78, 5) is 24.2. The van der Waals surface area contributed by atoms with E-state index in [1.165, 1.54) is 11.3 Å². The monoisotopic (exact) mass is 337 g/mol. The number of amides is 1. The third-order valence-electron chi connectivity index (χ3n) is 4.06. The van der Waals surface area contributed by atoms with Gasteiger partial charge in [0.15, 0.2) is 0 Å². The molecule has 5 heteroatoms. The minimum Gasteiger partial charge on any atom is -0.334 e. The average Bonchev–Trinajstić information content (AvgIpc) is 3.03. The minimum atomic E-state index is -0.0106. The molecule has 0 aliphatic rings. The zero-order valence-electron chi connectivity index (χ0n) is 13.9. The Kier molecular flexibility index (Phi) is 4.71. The number of carbonyl (C=O) groups is 1. The van der Waals surface area contributed by atoms with E-state index in [1.807, 2.05) is 69.4 Å². The summed E-state index contributed by atoms with van der Waals surface area (Å²) in [7, 11) is 1.83. The van der Waals surface area contributed by atoms with Gasteiger partial charge >= 0.3 is 0 Å². The van der Waals surface area contributed by atoms with Crippen molar-refractivity contribution in [2.24, 2.45) is 0 Å². The van der Waals surface area contributed by atoms with E-state index < -0.39 is 0 Å². The van der Waals surface area contributed by atoms with Crippen molar-refractivity contribution < 1.29 is 4.79 Å². The van der Waals surface area contributed by atoms with Crippen molar-refractivity contribution in [3.63, 3.8) is 0 Å². The van der Waals surface area contributed by atoms with Crippen LogP contribution in [0.15, 0.2) is 54.7 Å². The highest BCUT2D eigenvalue weighted by molar-refractivity contribution is 7.17. The Labute approximate surface area is 145 Å². The second kappa shape index (κ2) is 6.93. The van der Waals surface area contributed by atoms with Crippen LogP contribution in [-0.2, 0) is 0 Å². The Bertz CT molecular complexity index is 830. The molecular weight excluding hydrogens is 318 g/mol. The minimum absolute atomic E-state index is 0.00139. The summed E-state index contributed by atoms with van der Waals surface area (Å²) in [5, 5.41) is 0.775. The van der Waals surface area contributed by atoms with Crippen LogP contribution in [0, 0.1) is 6.92 Å². The maximum atomic E-state index is 12.9. The van der Waals surface area contributed by atoms with Crippen LogP contribution in [-0.4, -0.2) is 27.8 Å². The summed E-state index contributed by atoms with van der Waals surface area (Å²) >= 11 is 1.40. The third-order valence-corrected chi connectivity index (χ3v) is 5.23. The molecule has 122 valence electrons. The molecule has 0 bridgehead atoms. The number of carbonyl (C=O) groups excluding carboxylic acids is 1. The van der Waals surface area contributed by atoms with Crippen LogP contribution < -0.4 is 0 Å². The highest BCUT2D eigenvalue weighted by Gasteiger charge is 2.23. The van der Waals surface area contributed by atoms with Crippen molar-refractivity contribution in [2.45, 2.75) is 19.9 Å². The highest BCUT2D eigenvalue weighted by Crippen LogP contribution is 2.29. The third kappa shape index (κ3) is 3.21. The van der Waals surface area contributed by atoms with Crippen LogP contribution in [0.2, 0.25) is 0 Å². The van der Waals surface area contributed by atoms with Gasteiger partial charge in [-0.2, -0.15) is 0 Å². The number of nitrogens with zero attached hydrogens (tertiary/aromatic N) is 3. The van der Waals surface area contributed by atoms with Gasteiger partial charge in [0.2, 0.25) is 0 Å². The van der Waals surface area contributed by atoms with Crippen LogP contribution in [0.5, 0.6) is 0 Å². The molecule has 2 aromatic heterocycles. The summed E-state index contributed by atoms with van der Waals surface area (Å²) in [5.74, 6) is -0.0106. The first kappa shape index (κ1) is 16.3. The lowest BCUT2D eigenvalue weighted by Gasteiger charge is -2.25. The zero-order chi connectivity index (χ0) is 17.1. The van der Waals surface area contributed by atoms with E-state index in [0.717, 1.165) is 22.0 Å². The van der Waals surface area contributed by atoms with Gasteiger partial charge in [-0.15, -0.1) is 11.3 Å². The molecule has 1 aromatic carbocycles. The average molecular weight is 337 g/mol. The smallest absolute Gasteiger partial charge is 0.266 e. The Balaban J connectivity index is 1.86. The molecule has 4 nitrogen and oxygen atoms in total. The predicted molar refractivity (Wildman–Crippen MR) is 97.0 cm³/mol. The van der Waals surface area contributed by atoms with Gasteiger partial charge in [-0.25, -0.2) is 4.98 Å². The number of rotatable bonds is 4. The van der Waals surface area contributed by atoms with E-state index in [1.54, 1.807) is 11.1 Å². The van der Waals surface area contributed by atoms with Crippen molar-refractivity contribution in [3.8, 4) is 10.7 Å². The fourth-order valence-corrected chi connectivity index (χ4v) is 3.51. The molecular formula is C19H19N3OS. The van der Waals surface area contributed by atoms with Crippen molar-refractivity contribution in [3.05, 3.63) is 70.9 Å². The number of hydrogen-bond donors (Lipinski definition) is 0. The van der Waals surface area contributed by atoms with Crippen LogP contribution in [0.1, 0.15) is 33.9 Å². The summed E-state index contributed by atoms with van der Waals surface area (Å²) < 4.78 is 0. The largest absolute Gasteiger partial charge is 0.334 e. The lowest BCUT2D eigenvalue weighted by Crippen LogP contribution is -2.29. The first-order valence-corrected chi connectivity index (χ1v) is 8.60. The molecule has 0 spiro atoms. The second-order valence-corrected chi connectivity index (χ2v) is 6.65. The molecule has 1 atom stereocenters. The molecule has 3 aromatic rings. The maximum absolute atomic E-state index is 12.9. The van der Waals surface area contributed by atoms with Gasteiger partial charge in [0, 0.05) is 13.2 Å². The summed E-state index contributed by atoms with van der Waals surface area (Å²) in [6.07, 6.45) is 1.73. The molecule has 0 aliphatic carbocycles. The molecule has 0 saturated carbocycles. The SMILES string of the molecule is Cc1nc(-c2ccccn2)sc1C(=O)N(C)[C@H](C)c1ccccc1. The van der Waals surface area contributed by atoms with Gasteiger partial charge in [0.05, 0.1) is 17.4 Å². The number of benzene rings is 1. The Morgan fingerprint density at radius 2 is 1.83 bits per heavy atom. The summed E-state index contributed by atoms with van der Waals surface area (Å²) in [6.45, 7) is 3.90. The maximum Gasteiger partial charge on any atom is 0.266 e. The number of thiazole rings is 1. The van der Waals surface area contributed by atoms with Crippen LogP contribution in [0.25, 0.3) is 10.7 Å². The standard InChI is InChI=1S/C19H19N3OS/c1-13-17(24-18(21-13)16-11-7-8-12-20-16)19(23)22(3)14(2)15-9-5-4-6-10-15/h4-12,14H,1-3H3/t14-/m1/s1. The molecule has 24 heavy (non-hydrogen) atoms. The quantitative estimate of drug-likeness (QED) is 0.711. The fraction of sp³-hybridized carbons (Fsp3) is 0.211. The van der Waals surface area contributed by atoms with Gasteiger partial charge in [-0.05, 0) is 31.5 Å². The molecule has 0 aliphatic heterocycles. The van der Waals surface area contributed by atoms with Crippen molar-refractivity contribution >= 4 is 17.2 Å². The molecule has 0 unspecified atom stereocenters. The van der Waals surface area contributed by atoms with Gasteiger partial charge < -0.3 is 4.90 Å². The van der Waals surface area contributed by atoms with Gasteiger partial charge in [-0.3, -0.25) is 9.78 Å². The molecule has 0 N–H and O–H groups in total. The Hall–Kier alpha value is -2.53.